The molecule has 0 aliphatic heterocycles. The second-order valence-electron chi connectivity index (χ2n) is 4.31. The van der Waals surface area contributed by atoms with Crippen LogP contribution >= 0.6 is 11.5 Å². The fourth-order valence-corrected chi connectivity index (χ4v) is 2.75. The van der Waals surface area contributed by atoms with E-state index in [1.165, 1.54) is 11.5 Å². The van der Waals surface area contributed by atoms with Crippen LogP contribution in [0.15, 0.2) is 41.5 Å². The van der Waals surface area contributed by atoms with Gasteiger partial charge in [-0.3, -0.25) is 4.79 Å². The number of rotatable bonds is 2. The third-order valence-electron chi connectivity index (χ3n) is 2.79. The van der Waals surface area contributed by atoms with E-state index in [1.54, 1.807) is 28.5 Å². The van der Waals surface area contributed by atoms with Crippen LogP contribution in [0.4, 0.5) is 5.82 Å². The van der Waals surface area contributed by atoms with Crippen LogP contribution in [0.5, 0.6) is 0 Å². The molecule has 3 aromatic rings. The molecule has 0 fully saturated rings. The minimum atomic E-state index is -0.0380. The highest BCUT2D eigenvalue weighted by Crippen LogP contribution is 2.19. The Labute approximate surface area is 113 Å². The molecular weight excluding hydrogens is 260 g/mol. The first-order valence-electron chi connectivity index (χ1n) is 5.77. The highest BCUT2D eigenvalue weighted by atomic mass is 32.1. The first kappa shape index (κ1) is 11.9. The summed E-state index contributed by atoms with van der Waals surface area (Å²) in [6, 6.07) is 7.28. The number of hydrogen-bond donors (Lipinski definition) is 0. The summed E-state index contributed by atoms with van der Waals surface area (Å²) in [6.07, 6.45) is 3.40. The summed E-state index contributed by atoms with van der Waals surface area (Å²) in [6.45, 7) is 0. The van der Waals surface area contributed by atoms with Crippen LogP contribution in [-0.2, 0) is 0 Å². The normalized spacial score (nSPS) is 10.8. The number of nitrogens with zero attached hydrogens (tertiary/aromatic N) is 4. The number of anilines is 1. The summed E-state index contributed by atoms with van der Waals surface area (Å²) in [7, 11) is 3.84. The SMILES string of the molecule is CN(C)c1cc(-n2sc3ncccc3c2=O)ccn1. The molecule has 0 saturated carbocycles. The van der Waals surface area contributed by atoms with E-state index in [1.807, 2.05) is 31.1 Å². The molecule has 0 unspecified atom stereocenters. The van der Waals surface area contributed by atoms with Crippen LogP contribution in [0.2, 0.25) is 0 Å². The van der Waals surface area contributed by atoms with Gasteiger partial charge in [-0.1, -0.05) is 0 Å². The molecule has 3 heterocycles. The molecule has 0 atom stereocenters. The van der Waals surface area contributed by atoms with Gasteiger partial charge in [-0.25, -0.2) is 13.9 Å². The van der Waals surface area contributed by atoms with Crippen LogP contribution in [0, 0.1) is 0 Å². The first-order valence-corrected chi connectivity index (χ1v) is 6.55. The molecule has 0 radical (unpaired) electrons. The summed E-state index contributed by atoms with van der Waals surface area (Å²) in [5.41, 5.74) is 0.774. The highest BCUT2D eigenvalue weighted by molar-refractivity contribution is 7.13. The molecular formula is C13H12N4OS. The van der Waals surface area contributed by atoms with Gasteiger partial charge in [0.25, 0.3) is 5.56 Å². The lowest BCUT2D eigenvalue weighted by atomic mass is 10.3. The predicted molar refractivity (Wildman–Crippen MR) is 77.3 cm³/mol. The van der Waals surface area contributed by atoms with Gasteiger partial charge in [-0.05, 0) is 29.7 Å². The molecule has 0 aliphatic carbocycles. The zero-order valence-corrected chi connectivity index (χ0v) is 11.4. The zero-order chi connectivity index (χ0) is 13.4. The van der Waals surface area contributed by atoms with E-state index in [-0.39, 0.29) is 5.56 Å². The Bertz CT molecular complexity index is 790. The minimum absolute atomic E-state index is 0.0380. The Morgan fingerprint density at radius 3 is 2.79 bits per heavy atom. The van der Waals surface area contributed by atoms with Gasteiger partial charge in [-0.15, -0.1) is 0 Å². The van der Waals surface area contributed by atoms with Gasteiger partial charge in [-0.2, -0.15) is 0 Å². The molecule has 6 heteroatoms. The van der Waals surface area contributed by atoms with Crippen molar-refractivity contribution in [3.63, 3.8) is 0 Å². The topological polar surface area (TPSA) is 51.0 Å². The quantitative estimate of drug-likeness (QED) is 0.715. The van der Waals surface area contributed by atoms with Crippen molar-refractivity contribution in [2.24, 2.45) is 0 Å². The van der Waals surface area contributed by atoms with E-state index >= 15 is 0 Å². The summed E-state index contributed by atoms with van der Waals surface area (Å²) in [5.74, 6) is 0.815. The fraction of sp³-hybridized carbons (Fsp3) is 0.154. The number of pyridine rings is 2. The summed E-state index contributed by atoms with van der Waals surface area (Å²) in [5, 5.41) is 0.649. The van der Waals surface area contributed by atoms with Crippen molar-refractivity contribution in [3.8, 4) is 5.69 Å². The maximum absolute atomic E-state index is 12.3. The van der Waals surface area contributed by atoms with Gasteiger partial charge < -0.3 is 4.90 Å². The molecule has 19 heavy (non-hydrogen) atoms. The Kier molecular flexibility index (Phi) is 2.79. The van der Waals surface area contributed by atoms with Crippen molar-refractivity contribution in [2.45, 2.75) is 0 Å². The zero-order valence-electron chi connectivity index (χ0n) is 10.6. The molecule has 0 bridgehead atoms. The molecule has 0 spiro atoms. The number of aromatic nitrogens is 3. The maximum atomic E-state index is 12.3. The standard InChI is InChI=1S/C13H12N4OS/c1-16(2)11-8-9(5-7-14-11)17-13(18)10-4-3-6-15-12(10)19-17/h3-8H,1-2H3. The lowest BCUT2D eigenvalue weighted by molar-refractivity contribution is 1.05. The van der Waals surface area contributed by atoms with E-state index in [2.05, 4.69) is 9.97 Å². The summed E-state index contributed by atoms with van der Waals surface area (Å²) >= 11 is 1.34. The lowest BCUT2D eigenvalue weighted by Gasteiger charge is -2.11. The van der Waals surface area contributed by atoms with Crippen molar-refractivity contribution < 1.29 is 0 Å². The van der Waals surface area contributed by atoms with Crippen molar-refractivity contribution >= 4 is 27.6 Å². The summed E-state index contributed by atoms with van der Waals surface area (Å²) < 4.78 is 1.65. The Morgan fingerprint density at radius 2 is 2.05 bits per heavy atom. The first-order chi connectivity index (χ1) is 9.16. The monoisotopic (exact) mass is 272 g/mol. The molecule has 0 saturated heterocycles. The van der Waals surface area contributed by atoms with E-state index in [0.717, 1.165) is 16.3 Å². The number of hydrogen-bond acceptors (Lipinski definition) is 5. The molecule has 96 valence electrons. The lowest BCUT2D eigenvalue weighted by Crippen LogP contribution is -2.14. The van der Waals surface area contributed by atoms with Gasteiger partial charge in [0.2, 0.25) is 0 Å². The van der Waals surface area contributed by atoms with Crippen LogP contribution in [-0.4, -0.2) is 28.0 Å². The predicted octanol–water partition coefficient (Wildman–Crippen LogP) is 1.91. The third-order valence-corrected chi connectivity index (χ3v) is 3.84. The van der Waals surface area contributed by atoms with Gasteiger partial charge in [0.05, 0.1) is 11.1 Å². The van der Waals surface area contributed by atoms with E-state index in [9.17, 15) is 4.79 Å². The van der Waals surface area contributed by atoms with E-state index in [4.69, 9.17) is 0 Å². The molecule has 3 rings (SSSR count). The highest BCUT2D eigenvalue weighted by Gasteiger charge is 2.10. The van der Waals surface area contributed by atoms with Crippen LogP contribution in [0.1, 0.15) is 0 Å². The Morgan fingerprint density at radius 1 is 1.21 bits per heavy atom. The van der Waals surface area contributed by atoms with Crippen molar-refractivity contribution in [1.29, 1.82) is 0 Å². The van der Waals surface area contributed by atoms with E-state index in [0.29, 0.717) is 5.39 Å². The second-order valence-corrected chi connectivity index (χ2v) is 5.25. The van der Waals surface area contributed by atoms with Crippen LogP contribution in [0.3, 0.4) is 0 Å². The molecule has 0 amide bonds. The van der Waals surface area contributed by atoms with Crippen LogP contribution in [0.25, 0.3) is 15.9 Å². The Balaban J connectivity index is 2.22. The maximum Gasteiger partial charge on any atom is 0.274 e. The molecule has 0 aliphatic rings. The average molecular weight is 272 g/mol. The van der Waals surface area contributed by atoms with Crippen molar-refractivity contribution in [1.82, 2.24) is 13.9 Å². The number of fused-ring (bicyclic) bond motifs is 1. The smallest absolute Gasteiger partial charge is 0.274 e. The summed E-state index contributed by atoms with van der Waals surface area (Å²) in [4.78, 5) is 23.4. The van der Waals surface area contributed by atoms with Gasteiger partial charge >= 0.3 is 0 Å². The molecule has 0 aromatic carbocycles. The van der Waals surface area contributed by atoms with Crippen molar-refractivity contribution in [2.75, 3.05) is 19.0 Å². The third kappa shape index (κ3) is 2.00. The van der Waals surface area contributed by atoms with Gasteiger partial charge in [0.15, 0.2) is 0 Å². The fourth-order valence-electron chi connectivity index (χ4n) is 1.81. The Hall–Kier alpha value is -2.21. The van der Waals surface area contributed by atoms with E-state index < -0.39 is 0 Å². The molecule has 0 N–H and O–H groups in total. The van der Waals surface area contributed by atoms with Gasteiger partial charge in [0, 0.05) is 32.6 Å². The second kappa shape index (κ2) is 4.47. The largest absolute Gasteiger partial charge is 0.363 e. The average Bonchev–Trinajstić information content (AvgIpc) is 2.77. The minimum Gasteiger partial charge on any atom is -0.363 e. The van der Waals surface area contributed by atoms with Gasteiger partial charge in [0.1, 0.15) is 10.6 Å². The van der Waals surface area contributed by atoms with Crippen molar-refractivity contribution in [3.05, 3.63) is 47.0 Å². The molecule has 3 aromatic heterocycles. The molecule has 5 nitrogen and oxygen atoms in total. The van der Waals surface area contributed by atoms with Crippen LogP contribution < -0.4 is 10.5 Å².